The van der Waals surface area contributed by atoms with Gasteiger partial charge in [-0.15, -0.1) is 0 Å². The fraction of sp³-hybridized carbons (Fsp3) is 0.421. The van der Waals surface area contributed by atoms with Crippen molar-refractivity contribution in [2.75, 3.05) is 6.61 Å². The van der Waals surface area contributed by atoms with Gasteiger partial charge in [-0.2, -0.15) is 0 Å². The molecule has 0 atom stereocenters. The van der Waals surface area contributed by atoms with E-state index in [0.717, 1.165) is 24.2 Å². The number of Topliss-reactive ketones (excluding diaryl/α,β-unsaturated/α-hetero) is 1. The van der Waals surface area contributed by atoms with Crippen LogP contribution in [0.2, 0.25) is 0 Å². The maximum Gasteiger partial charge on any atom is 0.194 e. The minimum atomic E-state index is -1.22. The number of hydrogen-bond acceptors (Lipinski definition) is 2. The summed E-state index contributed by atoms with van der Waals surface area (Å²) in [6, 6.07) is 7.16. The molecule has 0 aliphatic carbocycles. The molecule has 0 unspecified atom stereocenters. The molecule has 24 heavy (non-hydrogen) atoms. The molecule has 1 aromatic rings. The second-order valence-corrected chi connectivity index (χ2v) is 8.34. The molecule has 0 spiro atoms. The average Bonchev–Trinajstić information content (AvgIpc) is 2.46. The number of hydrogen-bond donors (Lipinski definition) is 0. The number of carbonyl (C=O) groups is 1. The lowest BCUT2D eigenvalue weighted by Crippen LogP contribution is -2.01. The third kappa shape index (κ3) is 9.36. The fourth-order valence-corrected chi connectivity index (χ4v) is 2.74. The van der Waals surface area contributed by atoms with Crippen LogP contribution in [0.25, 0.3) is 0 Å². The first-order valence-corrected chi connectivity index (χ1v) is 8.92. The molecule has 0 aliphatic rings. The van der Waals surface area contributed by atoms with Crippen molar-refractivity contribution in [2.45, 2.75) is 43.8 Å². The molecule has 0 aromatic heterocycles. The molecule has 5 heteroatoms. The Labute approximate surface area is 159 Å². The van der Waals surface area contributed by atoms with Gasteiger partial charge in [0.05, 0.1) is 0 Å². The third-order valence-corrected chi connectivity index (χ3v) is 3.85. The van der Waals surface area contributed by atoms with E-state index in [2.05, 4.69) is 19.1 Å². The maximum absolute atomic E-state index is 11.2. The van der Waals surface area contributed by atoms with E-state index in [9.17, 15) is 4.79 Å². The quantitative estimate of drug-likeness (QED) is 0.281. The normalized spacial score (nSPS) is 13.1. The summed E-state index contributed by atoms with van der Waals surface area (Å²) in [6.07, 6.45) is 6.43. The summed E-state index contributed by atoms with van der Waals surface area (Å²) in [6.45, 7) is 6.09. The smallest absolute Gasteiger partial charge is 0.194 e. The van der Waals surface area contributed by atoms with Crippen molar-refractivity contribution in [3.63, 3.8) is 0 Å². The topological polar surface area (TPSA) is 26.3 Å². The molecule has 0 radical (unpaired) electrons. The van der Waals surface area contributed by atoms with Gasteiger partial charge in [0.15, 0.2) is 9.58 Å². The molecule has 0 heterocycles. The summed E-state index contributed by atoms with van der Waals surface area (Å²) in [5, 5.41) is 0. The van der Waals surface area contributed by atoms with Gasteiger partial charge in [0.2, 0.25) is 0 Å². The van der Waals surface area contributed by atoms with Crippen molar-refractivity contribution in [2.24, 2.45) is 0 Å². The monoisotopic (exact) mass is 388 g/mol. The molecule has 2 nitrogen and oxygen atoms in total. The highest BCUT2D eigenvalue weighted by molar-refractivity contribution is 6.67. The first-order valence-electron chi connectivity index (χ1n) is 7.79. The highest BCUT2D eigenvalue weighted by atomic mass is 35.6. The molecule has 1 aromatic carbocycles. The Morgan fingerprint density at radius 3 is 2.21 bits per heavy atom. The summed E-state index contributed by atoms with van der Waals surface area (Å²) < 4.78 is 4.42. The minimum Gasteiger partial charge on any atom is -0.490 e. The molecule has 0 N–H and O–H groups in total. The number of alkyl halides is 3. The second-order valence-electron chi connectivity index (χ2n) is 5.82. The number of ether oxygens (including phenoxy) is 1. The standard InChI is InChI=1S/C19H23Cl3O2/c1-14(5-4-6-15(2)13-19(20,21)22)11-12-24-18-9-7-17(8-10-18)16(3)23/h6-11H,4-5,12-13H2,1-3H3/b14-11+,15-6+. The van der Waals surface area contributed by atoms with Gasteiger partial charge in [0.1, 0.15) is 12.4 Å². The Morgan fingerprint density at radius 2 is 1.67 bits per heavy atom. The van der Waals surface area contributed by atoms with Crippen LogP contribution in [0.5, 0.6) is 5.75 Å². The van der Waals surface area contributed by atoms with Crippen molar-refractivity contribution in [1.82, 2.24) is 0 Å². The number of halogens is 3. The Bertz CT molecular complexity index is 596. The van der Waals surface area contributed by atoms with E-state index in [4.69, 9.17) is 39.5 Å². The molecule has 0 saturated heterocycles. The van der Waals surface area contributed by atoms with E-state index in [1.54, 1.807) is 19.1 Å². The lowest BCUT2D eigenvalue weighted by Gasteiger charge is -2.10. The van der Waals surface area contributed by atoms with Gasteiger partial charge in [0, 0.05) is 12.0 Å². The predicted molar refractivity (Wildman–Crippen MR) is 104 cm³/mol. The Hall–Kier alpha value is -0.960. The zero-order valence-corrected chi connectivity index (χ0v) is 16.5. The minimum absolute atomic E-state index is 0.0513. The highest BCUT2D eigenvalue weighted by Crippen LogP contribution is 2.33. The summed E-state index contributed by atoms with van der Waals surface area (Å²) in [5.41, 5.74) is 3.00. The first-order chi connectivity index (χ1) is 11.2. The summed E-state index contributed by atoms with van der Waals surface area (Å²) in [7, 11) is 0. The van der Waals surface area contributed by atoms with Crippen molar-refractivity contribution in [3.8, 4) is 5.75 Å². The van der Waals surface area contributed by atoms with Gasteiger partial charge in [-0.1, -0.05) is 52.0 Å². The largest absolute Gasteiger partial charge is 0.490 e. The van der Waals surface area contributed by atoms with Crippen LogP contribution in [-0.4, -0.2) is 16.2 Å². The van der Waals surface area contributed by atoms with E-state index < -0.39 is 3.79 Å². The SMILES string of the molecule is CC(=O)c1ccc(OC/C=C(\C)CC/C=C(\C)CC(Cl)(Cl)Cl)cc1. The predicted octanol–water partition coefficient (Wildman–Crippen LogP) is 6.70. The Morgan fingerprint density at radius 1 is 1.04 bits per heavy atom. The number of carbonyl (C=O) groups excluding carboxylic acids is 1. The highest BCUT2D eigenvalue weighted by Gasteiger charge is 2.19. The van der Waals surface area contributed by atoms with Crippen LogP contribution in [0.3, 0.4) is 0 Å². The van der Waals surface area contributed by atoms with Gasteiger partial charge < -0.3 is 4.74 Å². The van der Waals surface area contributed by atoms with Gasteiger partial charge in [-0.25, -0.2) is 0 Å². The third-order valence-electron chi connectivity index (χ3n) is 3.45. The van der Waals surface area contributed by atoms with Crippen LogP contribution in [0.15, 0.2) is 47.6 Å². The summed E-state index contributed by atoms with van der Waals surface area (Å²) >= 11 is 17.3. The molecule has 0 bridgehead atoms. The lowest BCUT2D eigenvalue weighted by molar-refractivity contribution is 0.101. The Kier molecular flexibility index (Phi) is 8.90. The Balaban J connectivity index is 2.37. The molecular formula is C19H23Cl3O2. The van der Waals surface area contributed by atoms with Crippen LogP contribution >= 0.6 is 34.8 Å². The van der Waals surface area contributed by atoms with Crippen LogP contribution in [0, 0.1) is 0 Å². The average molecular weight is 390 g/mol. The first kappa shape index (κ1) is 21.1. The van der Waals surface area contributed by atoms with E-state index >= 15 is 0 Å². The number of allylic oxidation sites excluding steroid dienone is 3. The van der Waals surface area contributed by atoms with Gasteiger partial charge in [-0.3, -0.25) is 4.79 Å². The van der Waals surface area contributed by atoms with Gasteiger partial charge in [-0.05, 0) is 64.0 Å². The van der Waals surface area contributed by atoms with Crippen LogP contribution in [0.1, 0.15) is 50.4 Å². The molecule has 0 saturated carbocycles. The number of rotatable bonds is 8. The van der Waals surface area contributed by atoms with Crippen molar-refractivity contribution < 1.29 is 9.53 Å². The van der Waals surface area contributed by atoms with Crippen LogP contribution in [-0.2, 0) is 0 Å². The number of benzene rings is 1. The van der Waals surface area contributed by atoms with E-state index in [1.165, 1.54) is 5.57 Å². The molecule has 132 valence electrons. The molecule has 0 fully saturated rings. The van der Waals surface area contributed by atoms with Crippen molar-refractivity contribution >= 4 is 40.6 Å². The summed E-state index contributed by atoms with van der Waals surface area (Å²) in [5.74, 6) is 0.804. The zero-order valence-electron chi connectivity index (χ0n) is 14.2. The van der Waals surface area contributed by atoms with Crippen molar-refractivity contribution in [3.05, 3.63) is 53.1 Å². The molecule has 1 rings (SSSR count). The van der Waals surface area contributed by atoms with Crippen LogP contribution in [0.4, 0.5) is 0 Å². The van der Waals surface area contributed by atoms with Crippen LogP contribution < -0.4 is 4.74 Å². The van der Waals surface area contributed by atoms with E-state index in [0.29, 0.717) is 18.6 Å². The fourth-order valence-electron chi connectivity index (χ4n) is 2.10. The zero-order chi connectivity index (χ0) is 18.2. The molecule has 0 amide bonds. The number of ketones is 1. The van der Waals surface area contributed by atoms with Crippen molar-refractivity contribution in [1.29, 1.82) is 0 Å². The molecule has 0 aliphatic heterocycles. The summed E-state index contributed by atoms with van der Waals surface area (Å²) in [4.78, 5) is 11.2. The maximum atomic E-state index is 11.2. The molecular weight excluding hydrogens is 367 g/mol. The van der Waals surface area contributed by atoms with E-state index in [-0.39, 0.29) is 5.78 Å². The lowest BCUT2D eigenvalue weighted by atomic mass is 10.1. The van der Waals surface area contributed by atoms with Gasteiger partial charge in [0.25, 0.3) is 0 Å². The second kappa shape index (κ2) is 10.1. The van der Waals surface area contributed by atoms with Gasteiger partial charge >= 0.3 is 0 Å². The van der Waals surface area contributed by atoms with E-state index in [1.807, 2.05) is 19.1 Å².